The van der Waals surface area contributed by atoms with E-state index in [0.717, 1.165) is 50.5 Å². The first-order valence-electron chi connectivity index (χ1n) is 14.9. The lowest BCUT2D eigenvalue weighted by atomic mass is 10.0. The molecule has 1 amide bonds. The fraction of sp³-hybridized carbons (Fsp3) is 0.600. The van der Waals surface area contributed by atoms with Gasteiger partial charge in [-0.1, -0.05) is 38.3 Å². The zero-order valence-electron chi connectivity index (χ0n) is 25.0. The quantitative estimate of drug-likeness (QED) is 0.0583. The number of aryl methyl sites for hydroxylation is 1. The molecule has 1 aromatic carbocycles. The highest BCUT2D eigenvalue weighted by Gasteiger charge is 2.31. The molecular weight excluding hydrogens is 556 g/mol. The SMILES string of the molecule is CCCCCCN(CCOc1ccc(CCCCN=C(N)NC(=O)c2cnccn2)cc1)C[C@H](O)[C@@H](O)[C@H](O)[C@H](O)CO. The normalized spacial score (nSPS) is 14.7. The van der Waals surface area contributed by atoms with Gasteiger partial charge in [-0.15, -0.1) is 0 Å². The predicted molar refractivity (Wildman–Crippen MR) is 163 cm³/mol. The maximum absolute atomic E-state index is 12.0. The van der Waals surface area contributed by atoms with Crippen LogP contribution in [-0.4, -0.2) is 116 Å². The number of hydrogen-bond acceptors (Lipinski definition) is 11. The van der Waals surface area contributed by atoms with Crippen LogP contribution in [0, 0.1) is 0 Å². The van der Waals surface area contributed by atoms with Gasteiger partial charge in [0.15, 0.2) is 5.96 Å². The molecule has 0 unspecified atom stereocenters. The molecule has 0 saturated carbocycles. The molecule has 240 valence electrons. The minimum absolute atomic E-state index is 0.0421. The van der Waals surface area contributed by atoms with E-state index in [-0.39, 0.29) is 18.2 Å². The van der Waals surface area contributed by atoms with Gasteiger partial charge in [0.1, 0.15) is 36.4 Å². The Morgan fingerprint density at radius 1 is 1.00 bits per heavy atom. The van der Waals surface area contributed by atoms with Gasteiger partial charge in [-0.05, 0) is 49.9 Å². The molecule has 1 heterocycles. The van der Waals surface area contributed by atoms with Crippen molar-refractivity contribution in [1.82, 2.24) is 20.2 Å². The van der Waals surface area contributed by atoms with Crippen LogP contribution in [0.1, 0.15) is 61.5 Å². The highest BCUT2D eigenvalue weighted by Crippen LogP contribution is 2.15. The average Bonchev–Trinajstić information content (AvgIpc) is 3.02. The van der Waals surface area contributed by atoms with Crippen LogP contribution in [0.4, 0.5) is 0 Å². The Kier molecular flexibility index (Phi) is 17.3. The Labute approximate surface area is 253 Å². The number of aliphatic hydroxyl groups excluding tert-OH is 5. The molecule has 0 fully saturated rings. The van der Waals surface area contributed by atoms with Crippen LogP contribution >= 0.6 is 0 Å². The molecule has 1 aromatic heterocycles. The lowest BCUT2D eigenvalue weighted by molar-refractivity contribution is -0.119. The lowest BCUT2D eigenvalue weighted by Crippen LogP contribution is -2.50. The number of aliphatic hydroxyl groups is 5. The van der Waals surface area contributed by atoms with Crippen LogP contribution in [0.5, 0.6) is 5.75 Å². The summed E-state index contributed by atoms with van der Waals surface area (Å²) in [7, 11) is 0. The Balaban J connectivity index is 1.73. The number of nitrogens with zero attached hydrogens (tertiary/aromatic N) is 4. The van der Waals surface area contributed by atoms with Gasteiger partial charge < -0.3 is 36.0 Å². The van der Waals surface area contributed by atoms with E-state index in [1.165, 1.54) is 18.6 Å². The summed E-state index contributed by atoms with van der Waals surface area (Å²) in [4.78, 5) is 25.9. The molecule has 13 nitrogen and oxygen atoms in total. The Hall–Kier alpha value is -3.20. The van der Waals surface area contributed by atoms with E-state index in [2.05, 4.69) is 27.2 Å². The summed E-state index contributed by atoms with van der Waals surface area (Å²) >= 11 is 0. The molecule has 0 saturated heterocycles. The highest BCUT2D eigenvalue weighted by atomic mass is 16.5. The molecule has 13 heteroatoms. The standard InChI is InChI=1S/C30H48N6O7/c1-2-3-4-7-16-36(20-25(38)27(40)28(41)26(39)21-37)17-18-43-23-11-9-22(10-12-23)8-5-6-13-34-30(31)35-29(42)24-19-32-14-15-33-24/h9-12,14-15,19,25-28,37-41H,2-8,13,16-18,20-21H2,1H3,(H3,31,34,35,42)/t25-,26+,27+,28+/m0/s1. The van der Waals surface area contributed by atoms with Gasteiger partial charge >= 0.3 is 0 Å². The summed E-state index contributed by atoms with van der Waals surface area (Å²) in [5, 5.41) is 51.7. The van der Waals surface area contributed by atoms with Gasteiger partial charge in [0.2, 0.25) is 0 Å². The molecule has 2 rings (SSSR count). The van der Waals surface area contributed by atoms with Crippen LogP contribution in [0.3, 0.4) is 0 Å². The summed E-state index contributed by atoms with van der Waals surface area (Å²) < 4.78 is 5.91. The van der Waals surface area contributed by atoms with Crippen LogP contribution in [0.2, 0.25) is 0 Å². The topological polar surface area (TPSA) is 207 Å². The van der Waals surface area contributed by atoms with Crippen molar-refractivity contribution < 1.29 is 35.1 Å². The predicted octanol–water partition coefficient (Wildman–Crippen LogP) is 0.241. The monoisotopic (exact) mass is 604 g/mol. The smallest absolute Gasteiger partial charge is 0.278 e. The molecule has 0 radical (unpaired) electrons. The van der Waals surface area contributed by atoms with Crippen LogP contribution in [-0.2, 0) is 6.42 Å². The second-order valence-electron chi connectivity index (χ2n) is 10.4. The number of benzene rings is 1. The summed E-state index contributed by atoms with van der Waals surface area (Å²) in [5.41, 5.74) is 7.10. The second kappa shape index (κ2) is 20.7. The molecule has 0 spiro atoms. The van der Waals surface area contributed by atoms with Gasteiger partial charge in [0.25, 0.3) is 5.91 Å². The minimum atomic E-state index is -1.65. The Morgan fingerprint density at radius 3 is 2.42 bits per heavy atom. The molecule has 4 atom stereocenters. The van der Waals surface area contributed by atoms with Gasteiger partial charge in [-0.3, -0.25) is 25.0 Å². The molecule has 0 aliphatic heterocycles. The van der Waals surface area contributed by atoms with E-state index in [9.17, 15) is 25.2 Å². The van der Waals surface area contributed by atoms with Gasteiger partial charge in [0.05, 0.1) is 18.9 Å². The molecule has 8 N–H and O–H groups in total. The number of nitrogens with two attached hydrogens (primary N) is 1. The fourth-order valence-corrected chi connectivity index (χ4v) is 4.31. The van der Waals surface area contributed by atoms with Crippen LogP contribution in [0.25, 0.3) is 0 Å². The molecule has 0 aliphatic carbocycles. The van der Waals surface area contributed by atoms with Gasteiger partial charge in [-0.2, -0.15) is 0 Å². The molecule has 2 aromatic rings. The van der Waals surface area contributed by atoms with Crippen molar-refractivity contribution in [3.05, 3.63) is 54.1 Å². The van der Waals surface area contributed by atoms with E-state index in [1.54, 1.807) is 0 Å². The van der Waals surface area contributed by atoms with Crippen molar-refractivity contribution in [2.45, 2.75) is 76.3 Å². The maximum Gasteiger partial charge on any atom is 0.278 e. The number of aliphatic imine (C=N–C) groups is 1. The van der Waals surface area contributed by atoms with Crippen LogP contribution in [0.15, 0.2) is 47.8 Å². The van der Waals surface area contributed by atoms with E-state index >= 15 is 0 Å². The van der Waals surface area contributed by atoms with Gasteiger partial charge in [0, 0.05) is 32.0 Å². The summed E-state index contributed by atoms with van der Waals surface area (Å²) in [5.74, 6) is 0.302. The van der Waals surface area contributed by atoms with Gasteiger partial charge in [-0.25, -0.2) is 4.98 Å². The number of ether oxygens (including phenoxy) is 1. The fourth-order valence-electron chi connectivity index (χ4n) is 4.31. The minimum Gasteiger partial charge on any atom is -0.492 e. The van der Waals surface area contributed by atoms with E-state index in [1.807, 2.05) is 29.2 Å². The number of unbranched alkanes of at least 4 members (excludes halogenated alkanes) is 4. The maximum atomic E-state index is 12.0. The van der Waals surface area contributed by atoms with E-state index in [0.29, 0.717) is 32.0 Å². The number of guanidine groups is 1. The molecule has 0 bridgehead atoms. The van der Waals surface area contributed by atoms with Crippen molar-refractivity contribution in [3.63, 3.8) is 0 Å². The second-order valence-corrected chi connectivity index (χ2v) is 10.4. The molecule has 0 aliphatic rings. The number of nitrogens with one attached hydrogen (secondary N) is 1. The van der Waals surface area contributed by atoms with Crippen molar-refractivity contribution in [3.8, 4) is 5.75 Å². The molecule has 43 heavy (non-hydrogen) atoms. The lowest BCUT2D eigenvalue weighted by Gasteiger charge is -2.30. The van der Waals surface area contributed by atoms with E-state index < -0.39 is 36.9 Å². The number of rotatable bonds is 21. The summed E-state index contributed by atoms with van der Waals surface area (Å²) in [6.07, 6.45) is 4.89. The number of carbonyl (C=O) groups excluding carboxylic acids is 1. The van der Waals surface area contributed by atoms with Crippen molar-refractivity contribution in [2.24, 2.45) is 10.7 Å². The van der Waals surface area contributed by atoms with Crippen molar-refractivity contribution in [2.75, 3.05) is 39.4 Å². The first kappa shape index (κ1) is 36.0. The Morgan fingerprint density at radius 2 is 1.74 bits per heavy atom. The zero-order valence-corrected chi connectivity index (χ0v) is 25.0. The van der Waals surface area contributed by atoms with E-state index in [4.69, 9.17) is 15.6 Å². The number of carbonyl (C=O) groups is 1. The Bertz CT molecular complexity index is 1060. The average molecular weight is 605 g/mol. The van der Waals surface area contributed by atoms with Crippen molar-refractivity contribution in [1.29, 1.82) is 0 Å². The number of aromatic nitrogens is 2. The third kappa shape index (κ3) is 14.2. The third-order valence-electron chi connectivity index (χ3n) is 6.89. The first-order valence-corrected chi connectivity index (χ1v) is 14.9. The summed E-state index contributed by atoms with van der Waals surface area (Å²) in [6, 6.07) is 7.82. The highest BCUT2D eigenvalue weighted by molar-refractivity contribution is 6.03. The third-order valence-corrected chi connectivity index (χ3v) is 6.89. The van der Waals surface area contributed by atoms with Crippen LogP contribution < -0.4 is 15.8 Å². The first-order chi connectivity index (χ1) is 20.7. The number of hydrogen-bond donors (Lipinski definition) is 7. The largest absolute Gasteiger partial charge is 0.492 e. The summed E-state index contributed by atoms with van der Waals surface area (Å²) in [6.45, 7) is 3.54. The molecular formula is C30H48N6O7. The zero-order chi connectivity index (χ0) is 31.5. The van der Waals surface area contributed by atoms with Crippen molar-refractivity contribution >= 4 is 11.9 Å². The number of amides is 1.